The van der Waals surface area contributed by atoms with Crippen molar-refractivity contribution in [3.63, 3.8) is 0 Å². The number of nitrogen functional groups attached to an aromatic ring is 1. The minimum absolute atomic E-state index is 0.170. The first kappa shape index (κ1) is 13.5. The molecule has 0 radical (unpaired) electrons. The first-order chi connectivity index (χ1) is 9.06. The molecule has 19 heavy (non-hydrogen) atoms. The van der Waals surface area contributed by atoms with E-state index in [1.165, 1.54) is 0 Å². The summed E-state index contributed by atoms with van der Waals surface area (Å²) < 4.78 is 5.65. The van der Waals surface area contributed by atoms with E-state index >= 15 is 0 Å². The minimum Gasteiger partial charge on any atom is -0.398 e. The van der Waals surface area contributed by atoms with E-state index in [1.54, 1.807) is 25.1 Å². The molecular weight excluding hydrogens is 312 g/mol. The lowest BCUT2D eigenvalue weighted by Crippen LogP contribution is -2.25. The Morgan fingerprint density at radius 1 is 1.53 bits per heavy atom. The molecular formula is C12H13BrN4O2. The van der Waals surface area contributed by atoms with Gasteiger partial charge in [0.2, 0.25) is 5.89 Å². The summed E-state index contributed by atoms with van der Waals surface area (Å²) in [6.45, 7) is 2.18. The molecule has 3 N–H and O–H groups in total. The molecule has 0 aliphatic heterocycles. The van der Waals surface area contributed by atoms with Crippen LogP contribution in [0.4, 0.5) is 5.69 Å². The molecule has 0 saturated heterocycles. The minimum atomic E-state index is -0.170. The molecule has 6 nitrogen and oxygen atoms in total. The lowest BCUT2D eigenvalue weighted by Gasteiger charge is -2.05. The first-order valence-electron chi connectivity index (χ1n) is 5.68. The SMILES string of the molecule is Cc1noc(CCNC(=O)c2ccc(N)c(Br)c2)n1. The highest BCUT2D eigenvalue weighted by molar-refractivity contribution is 9.10. The second-order valence-corrected chi connectivity index (χ2v) is 4.83. The smallest absolute Gasteiger partial charge is 0.251 e. The first-order valence-corrected chi connectivity index (χ1v) is 6.48. The van der Waals surface area contributed by atoms with E-state index in [2.05, 4.69) is 31.4 Å². The number of carbonyl (C=O) groups excluding carboxylic acids is 1. The highest BCUT2D eigenvalue weighted by atomic mass is 79.9. The third-order valence-electron chi connectivity index (χ3n) is 2.46. The number of nitrogens with one attached hydrogen (secondary N) is 1. The van der Waals surface area contributed by atoms with Crippen molar-refractivity contribution in [3.8, 4) is 0 Å². The molecule has 1 aromatic carbocycles. The number of benzene rings is 1. The summed E-state index contributed by atoms with van der Waals surface area (Å²) in [6.07, 6.45) is 0.503. The van der Waals surface area contributed by atoms with Crippen molar-refractivity contribution >= 4 is 27.5 Å². The topological polar surface area (TPSA) is 94.0 Å². The molecule has 0 aliphatic rings. The number of anilines is 1. The zero-order valence-electron chi connectivity index (χ0n) is 10.3. The van der Waals surface area contributed by atoms with E-state index < -0.39 is 0 Å². The Morgan fingerprint density at radius 3 is 2.95 bits per heavy atom. The van der Waals surface area contributed by atoms with Gasteiger partial charge in [-0.05, 0) is 41.1 Å². The molecule has 1 heterocycles. The maximum Gasteiger partial charge on any atom is 0.251 e. The molecule has 0 bridgehead atoms. The van der Waals surface area contributed by atoms with Crippen LogP contribution in [0.25, 0.3) is 0 Å². The van der Waals surface area contributed by atoms with Gasteiger partial charge in [0.15, 0.2) is 5.82 Å². The summed E-state index contributed by atoms with van der Waals surface area (Å²) in [7, 11) is 0. The third-order valence-corrected chi connectivity index (χ3v) is 3.14. The number of hydrogen-bond donors (Lipinski definition) is 2. The van der Waals surface area contributed by atoms with Crippen LogP contribution in [0.3, 0.4) is 0 Å². The largest absolute Gasteiger partial charge is 0.398 e. The lowest BCUT2D eigenvalue weighted by atomic mass is 10.2. The Balaban J connectivity index is 1.89. The van der Waals surface area contributed by atoms with Gasteiger partial charge in [0, 0.05) is 28.7 Å². The summed E-state index contributed by atoms with van der Waals surface area (Å²) in [5.74, 6) is 0.928. The van der Waals surface area contributed by atoms with Gasteiger partial charge in [-0.3, -0.25) is 4.79 Å². The second-order valence-electron chi connectivity index (χ2n) is 3.98. The van der Waals surface area contributed by atoms with Crippen LogP contribution >= 0.6 is 15.9 Å². The highest BCUT2D eigenvalue weighted by Gasteiger charge is 2.08. The number of amides is 1. The highest BCUT2D eigenvalue weighted by Crippen LogP contribution is 2.20. The Hall–Kier alpha value is -1.89. The number of nitrogens with two attached hydrogens (primary N) is 1. The Bertz CT molecular complexity index is 597. The molecule has 7 heteroatoms. The third kappa shape index (κ3) is 3.54. The van der Waals surface area contributed by atoms with Crippen molar-refractivity contribution in [2.45, 2.75) is 13.3 Å². The van der Waals surface area contributed by atoms with Crippen molar-refractivity contribution < 1.29 is 9.32 Å². The summed E-state index contributed by atoms with van der Waals surface area (Å²) in [6, 6.07) is 5.04. The number of hydrogen-bond acceptors (Lipinski definition) is 5. The van der Waals surface area contributed by atoms with Gasteiger partial charge in [-0.2, -0.15) is 4.98 Å². The quantitative estimate of drug-likeness (QED) is 0.835. The van der Waals surface area contributed by atoms with Crippen LogP contribution in [0.15, 0.2) is 27.2 Å². The normalized spacial score (nSPS) is 10.4. The van der Waals surface area contributed by atoms with Crippen molar-refractivity contribution in [1.82, 2.24) is 15.5 Å². The Kier molecular flexibility index (Phi) is 4.16. The molecule has 100 valence electrons. The molecule has 0 unspecified atom stereocenters. The number of nitrogens with zero attached hydrogens (tertiary/aromatic N) is 2. The molecule has 1 amide bonds. The van der Waals surface area contributed by atoms with Gasteiger partial charge in [0.05, 0.1) is 0 Å². The van der Waals surface area contributed by atoms with Crippen LogP contribution in [0, 0.1) is 6.92 Å². The average molecular weight is 325 g/mol. The molecule has 1 aromatic heterocycles. The van der Waals surface area contributed by atoms with E-state index in [1.807, 2.05) is 0 Å². The number of halogens is 1. The van der Waals surface area contributed by atoms with Gasteiger partial charge in [-0.15, -0.1) is 0 Å². The number of rotatable bonds is 4. The maximum atomic E-state index is 11.9. The van der Waals surface area contributed by atoms with Gasteiger partial charge in [-0.1, -0.05) is 5.16 Å². The van der Waals surface area contributed by atoms with Gasteiger partial charge in [0.25, 0.3) is 5.91 Å². The van der Waals surface area contributed by atoms with E-state index in [0.29, 0.717) is 40.4 Å². The standard InChI is InChI=1S/C12H13BrN4O2/c1-7-16-11(19-17-7)4-5-15-12(18)8-2-3-10(14)9(13)6-8/h2-3,6H,4-5,14H2,1H3,(H,15,18). The van der Waals surface area contributed by atoms with Crippen molar-refractivity contribution in [2.75, 3.05) is 12.3 Å². The second kappa shape index (κ2) is 5.83. The molecule has 0 aliphatic carbocycles. The molecule has 0 spiro atoms. The van der Waals surface area contributed by atoms with E-state index in [0.717, 1.165) is 0 Å². The van der Waals surface area contributed by atoms with Crippen molar-refractivity contribution in [2.24, 2.45) is 0 Å². The number of carbonyl (C=O) groups is 1. The zero-order chi connectivity index (χ0) is 13.8. The fourth-order valence-corrected chi connectivity index (χ4v) is 1.87. The van der Waals surface area contributed by atoms with Crippen molar-refractivity contribution in [1.29, 1.82) is 0 Å². The summed E-state index contributed by atoms with van der Waals surface area (Å²) in [5, 5.41) is 6.45. The summed E-state index contributed by atoms with van der Waals surface area (Å²) in [5.41, 5.74) is 6.80. The molecule has 2 aromatic rings. The summed E-state index contributed by atoms with van der Waals surface area (Å²) >= 11 is 3.28. The molecule has 0 fully saturated rings. The predicted octanol–water partition coefficient (Wildman–Crippen LogP) is 1.70. The molecule has 0 saturated carbocycles. The maximum absolute atomic E-state index is 11.9. The van der Waals surface area contributed by atoms with Crippen LogP contribution in [0.1, 0.15) is 22.1 Å². The van der Waals surface area contributed by atoms with Gasteiger partial charge >= 0.3 is 0 Å². The molecule has 2 rings (SSSR count). The van der Waals surface area contributed by atoms with E-state index in [-0.39, 0.29) is 5.91 Å². The Labute approximate surface area is 118 Å². The van der Waals surface area contributed by atoms with Crippen LogP contribution < -0.4 is 11.1 Å². The molecule has 0 atom stereocenters. The lowest BCUT2D eigenvalue weighted by molar-refractivity contribution is 0.0953. The fraction of sp³-hybridized carbons (Fsp3) is 0.250. The van der Waals surface area contributed by atoms with Gasteiger partial charge in [-0.25, -0.2) is 0 Å². The van der Waals surface area contributed by atoms with Crippen LogP contribution in [-0.4, -0.2) is 22.6 Å². The van der Waals surface area contributed by atoms with Gasteiger partial charge < -0.3 is 15.6 Å². The van der Waals surface area contributed by atoms with Crippen LogP contribution in [0.2, 0.25) is 0 Å². The average Bonchev–Trinajstić information content (AvgIpc) is 2.78. The van der Waals surface area contributed by atoms with Crippen LogP contribution in [0.5, 0.6) is 0 Å². The number of aromatic nitrogens is 2. The Morgan fingerprint density at radius 2 is 2.32 bits per heavy atom. The number of aryl methyl sites for hydroxylation is 1. The van der Waals surface area contributed by atoms with E-state index in [9.17, 15) is 4.79 Å². The fourth-order valence-electron chi connectivity index (χ4n) is 1.49. The zero-order valence-corrected chi connectivity index (χ0v) is 11.9. The van der Waals surface area contributed by atoms with Crippen molar-refractivity contribution in [3.05, 3.63) is 40.0 Å². The summed E-state index contributed by atoms with van der Waals surface area (Å²) in [4.78, 5) is 15.9. The van der Waals surface area contributed by atoms with Gasteiger partial charge in [0.1, 0.15) is 0 Å². The monoisotopic (exact) mass is 324 g/mol. The predicted molar refractivity (Wildman–Crippen MR) is 73.6 cm³/mol. The van der Waals surface area contributed by atoms with Crippen LogP contribution in [-0.2, 0) is 6.42 Å². The van der Waals surface area contributed by atoms with E-state index in [4.69, 9.17) is 10.3 Å².